The fourth-order valence-corrected chi connectivity index (χ4v) is 3.76. The van der Waals surface area contributed by atoms with Crippen molar-refractivity contribution < 1.29 is 9.53 Å². The van der Waals surface area contributed by atoms with Gasteiger partial charge in [-0.3, -0.25) is 4.79 Å². The fraction of sp³-hybridized carbons (Fsp3) is 0.474. The monoisotopic (exact) mass is 359 g/mol. The normalized spacial score (nSPS) is 15.1. The second-order valence-corrected chi connectivity index (χ2v) is 7.17. The summed E-state index contributed by atoms with van der Waals surface area (Å²) in [6, 6.07) is 8.20. The molecule has 0 aliphatic carbocycles. The van der Waals surface area contributed by atoms with Gasteiger partial charge >= 0.3 is 0 Å². The number of thiazole rings is 1. The first-order chi connectivity index (χ1) is 12.2. The third kappa shape index (κ3) is 4.38. The molecule has 0 radical (unpaired) electrons. The van der Waals surface area contributed by atoms with Crippen LogP contribution in [-0.4, -0.2) is 48.6 Å². The van der Waals surface area contributed by atoms with Crippen molar-refractivity contribution in [2.75, 3.05) is 26.7 Å². The number of carbonyl (C=O) groups is 1. The molecule has 1 aliphatic rings. The van der Waals surface area contributed by atoms with Crippen molar-refractivity contribution in [3.63, 3.8) is 0 Å². The van der Waals surface area contributed by atoms with E-state index in [0.29, 0.717) is 11.7 Å². The van der Waals surface area contributed by atoms with Crippen LogP contribution >= 0.6 is 11.3 Å². The SMILES string of the molecule is CCCOc1ccc(-c2nc(C(=O)N(C)C3CCNCC3)cs2)cc1. The molecule has 0 spiro atoms. The van der Waals surface area contributed by atoms with Crippen LogP contribution in [0, 0.1) is 0 Å². The molecule has 1 aromatic heterocycles. The van der Waals surface area contributed by atoms with Gasteiger partial charge in [-0.1, -0.05) is 6.92 Å². The highest BCUT2D eigenvalue weighted by molar-refractivity contribution is 7.13. The van der Waals surface area contributed by atoms with Crippen LogP contribution in [0.2, 0.25) is 0 Å². The smallest absolute Gasteiger partial charge is 0.273 e. The first-order valence-electron chi connectivity index (χ1n) is 8.85. The highest BCUT2D eigenvalue weighted by Gasteiger charge is 2.24. The predicted octanol–water partition coefficient (Wildman–Crippen LogP) is 3.42. The second-order valence-electron chi connectivity index (χ2n) is 6.31. The van der Waals surface area contributed by atoms with E-state index >= 15 is 0 Å². The molecule has 3 rings (SSSR count). The number of hydrogen-bond acceptors (Lipinski definition) is 5. The quantitative estimate of drug-likeness (QED) is 0.859. The first-order valence-corrected chi connectivity index (χ1v) is 9.73. The summed E-state index contributed by atoms with van der Waals surface area (Å²) in [7, 11) is 1.89. The van der Waals surface area contributed by atoms with Gasteiger partial charge < -0.3 is 15.0 Å². The number of nitrogens with one attached hydrogen (secondary N) is 1. The predicted molar refractivity (Wildman–Crippen MR) is 101 cm³/mol. The number of carbonyl (C=O) groups excluding carboxylic acids is 1. The Hall–Kier alpha value is -1.92. The van der Waals surface area contributed by atoms with E-state index in [0.717, 1.165) is 55.3 Å². The third-order valence-electron chi connectivity index (χ3n) is 4.47. The van der Waals surface area contributed by atoms with Crippen LogP contribution < -0.4 is 10.1 Å². The molecule has 2 heterocycles. The van der Waals surface area contributed by atoms with Crippen LogP contribution in [0.5, 0.6) is 5.75 Å². The Bertz CT molecular complexity index is 693. The lowest BCUT2D eigenvalue weighted by molar-refractivity contribution is 0.0698. The number of nitrogens with zero attached hydrogens (tertiary/aromatic N) is 2. The minimum Gasteiger partial charge on any atom is -0.494 e. The van der Waals surface area contributed by atoms with Crippen molar-refractivity contribution in [2.45, 2.75) is 32.2 Å². The minimum absolute atomic E-state index is 0.0114. The number of rotatable bonds is 6. The molecule has 0 saturated carbocycles. The van der Waals surface area contributed by atoms with E-state index in [1.807, 2.05) is 41.6 Å². The molecule has 0 unspecified atom stereocenters. The number of aromatic nitrogens is 1. The molecule has 5 nitrogen and oxygen atoms in total. The first kappa shape index (κ1) is 17.9. The van der Waals surface area contributed by atoms with Crippen LogP contribution in [0.1, 0.15) is 36.7 Å². The highest BCUT2D eigenvalue weighted by Crippen LogP contribution is 2.26. The van der Waals surface area contributed by atoms with E-state index in [1.165, 1.54) is 11.3 Å². The lowest BCUT2D eigenvalue weighted by atomic mass is 10.1. The molecule has 1 amide bonds. The lowest BCUT2D eigenvalue weighted by Crippen LogP contribution is -2.44. The van der Waals surface area contributed by atoms with Crippen molar-refractivity contribution >= 4 is 17.2 Å². The van der Waals surface area contributed by atoms with Gasteiger partial charge in [-0.25, -0.2) is 4.98 Å². The van der Waals surface area contributed by atoms with E-state index in [1.54, 1.807) is 0 Å². The molecule has 1 fully saturated rings. The zero-order valence-corrected chi connectivity index (χ0v) is 15.6. The fourth-order valence-electron chi connectivity index (χ4n) is 2.96. The Labute approximate surface area is 153 Å². The highest BCUT2D eigenvalue weighted by atomic mass is 32.1. The van der Waals surface area contributed by atoms with Crippen LogP contribution in [0.4, 0.5) is 0 Å². The summed E-state index contributed by atoms with van der Waals surface area (Å²) in [6.07, 6.45) is 2.99. The summed E-state index contributed by atoms with van der Waals surface area (Å²) in [4.78, 5) is 19.1. The van der Waals surface area contributed by atoms with Gasteiger partial charge in [-0.15, -0.1) is 11.3 Å². The van der Waals surface area contributed by atoms with Gasteiger partial charge in [0.25, 0.3) is 5.91 Å². The van der Waals surface area contributed by atoms with Gasteiger partial charge in [-0.05, 0) is 56.6 Å². The summed E-state index contributed by atoms with van der Waals surface area (Å²) >= 11 is 1.51. The summed E-state index contributed by atoms with van der Waals surface area (Å²) < 4.78 is 5.61. The molecule has 1 aliphatic heterocycles. The van der Waals surface area contributed by atoms with Gasteiger partial charge in [0.1, 0.15) is 16.5 Å². The van der Waals surface area contributed by atoms with Crippen LogP contribution in [-0.2, 0) is 0 Å². The summed E-state index contributed by atoms with van der Waals surface area (Å²) in [5.41, 5.74) is 1.55. The number of ether oxygens (including phenoxy) is 1. The molecule has 0 atom stereocenters. The summed E-state index contributed by atoms with van der Waals surface area (Å²) in [5.74, 6) is 0.876. The maximum absolute atomic E-state index is 12.7. The number of amides is 1. The number of hydrogen-bond donors (Lipinski definition) is 1. The molecular weight excluding hydrogens is 334 g/mol. The van der Waals surface area contributed by atoms with E-state index < -0.39 is 0 Å². The van der Waals surface area contributed by atoms with Crippen LogP contribution in [0.25, 0.3) is 10.6 Å². The van der Waals surface area contributed by atoms with Gasteiger partial charge in [0, 0.05) is 24.0 Å². The summed E-state index contributed by atoms with van der Waals surface area (Å²) in [6.45, 7) is 4.75. The largest absolute Gasteiger partial charge is 0.494 e. The van der Waals surface area contributed by atoms with Gasteiger partial charge in [-0.2, -0.15) is 0 Å². The van der Waals surface area contributed by atoms with E-state index in [2.05, 4.69) is 17.2 Å². The maximum atomic E-state index is 12.7. The van der Waals surface area contributed by atoms with Crippen molar-refractivity contribution in [1.29, 1.82) is 0 Å². The summed E-state index contributed by atoms with van der Waals surface area (Å²) in [5, 5.41) is 6.05. The topological polar surface area (TPSA) is 54.5 Å². The third-order valence-corrected chi connectivity index (χ3v) is 5.37. The molecule has 25 heavy (non-hydrogen) atoms. The average molecular weight is 359 g/mol. The standard InChI is InChI=1S/C19H25N3O2S/c1-3-12-24-16-6-4-14(5-7-16)18-21-17(13-25-18)19(23)22(2)15-8-10-20-11-9-15/h4-7,13,15,20H,3,8-12H2,1-2H3. The Morgan fingerprint density at radius 2 is 2.04 bits per heavy atom. The van der Waals surface area contributed by atoms with Crippen LogP contribution in [0.15, 0.2) is 29.6 Å². The Balaban J connectivity index is 1.67. The Kier molecular flexibility index (Phi) is 6.04. The zero-order valence-electron chi connectivity index (χ0n) is 14.8. The molecule has 1 aromatic carbocycles. The number of piperidine rings is 1. The molecule has 2 aromatic rings. The van der Waals surface area contributed by atoms with Crippen molar-refractivity contribution in [2.24, 2.45) is 0 Å². The molecule has 1 saturated heterocycles. The molecule has 6 heteroatoms. The van der Waals surface area contributed by atoms with Crippen molar-refractivity contribution in [3.8, 4) is 16.3 Å². The van der Waals surface area contributed by atoms with E-state index in [4.69, 9.17) is 4.74 Å². The van der Waals surface area contributed by atoms with Gasteiger partial charge in [0.2, 0.25) is 0 Å². The lowest BCUT2D eigenvalue weighted by Gasteiger charge is -2.31. The van der Waals surface area contributed by atoms with Gasteiger partial charge in [0.15, 0.2) is 0 Å². The molecule has 0 bridgehead atoms. The molecule has 134 valence electrons. The maximum Gasteiger partial charge on any atom is 0.273 e. The Morgan fingerprint density at radius 3 is 2.72 bits per heavy atom. The molecular formula is C19H25N3O2S. The van der Waals surface area contributed by atoms with Gasteiger partial charge in [0.05, 0.1) is 6.61 Å². The molecule has 1 N–H and O–H groups in total. The average Bonchev–Trinajstić information content (AvgIpc) is 3.16. The van der Waals surface area contributed by atoms with Crippen molar-refractivity contribution in [1.82, 2.24) is 15.2 Å². The van der Waals surface area contributed by atoms with Crippen molar-refractivity contribution in [3.05, 3.63) is 35.3 Å². The zero-order chi connectivity index (χ0) is 17.6. The number of benzene rings is 1. The minimum atomic E-state index is 0.0114. The van der Waals surface area contributed by atoms with E-state index in [-0.39, 0.29) is 5.91 Å². The second kappa shape index (κ2) is 8.45. The van der Waals surface area contributed by atoms with Crippen LogP contribution in [0.3, 0.4) is 0 Å². The van der Waals surface area contributed by atoms with E-state index in [9.17, 15) is 4.79 Å². The Morgan fingerprint density at radius 1 is 1.32 bits per heavy atom.